The summed E-state index contributed by atoms with van der Waals surface area (Å²) in [6.07, 6.45) is 5.25. The maximum absolute atomic E-state index is 12.3. The number of anilines is 2. The highest BCUT2D eigenvalue weighted by Gasteiger charge is 2.32. The van der Waals surface area contributed by atoms with Crippen molar-refractivity contribution in [3.63, 3.8) is 0 Å². The van der Waals surface area contributed by atoms with Crippen LogP contribution < -0.4 is 14.9 Å². The number of nitrogens with one attached hydrogen (secondary N) is 2. The molecule has 2 amide bonds. The minimum Gasteiger partial charge on any atom is -0.335 e. The zero-order valence-corrected chi connectivity index (χ0v) is 15.7. The van der Waals surface area contributed by atoms with E-state index in [1.165, 1.54) is 17.1 Å². The topological polar surface area (TPSA) is 81.8 Å². The summed E-state index contributed by atoms with van der Waals surface area (Å²) in [4.78, 5) is 14.8. The van der Waals surface area contributed by atoms with E-state index in [1.54, 1.807) is 24.3 Å². The van der Waals surface area contributed by atoms with E-state index < -0.39 is 10.0 Å². The number of urea groups is 1. The number of amides is 2. The minimum atomic E-state index is -3.21. The second-order valence-corrected chi connectivity index (χ2v) is 9.44. The number of carbonyl (C=O) groups excluding carboxylic acids is 1. The van der Waals surface area contributed by atoms with Crippen LogP contribution in [0.25, 0.3) is 0 Å². The quantitative estimate of drug-likeness (QED) is 0.839. The first-order chi connectivity index (χ1) is 12.5. The first-order valence-corrected chi connectivity index (χ1v) is 11.0. The van der Waals surface area contributed by atoms with Crippen LogP contribution in [0.4, 0.5) is 16.2 Å². The number of sulfonamides is 1. The monoisotopic (exact) mass is 378 g/mol. The fourth-order valence-electron chi connectivity index (χ4n) is 3.87. The molecule has 7 nitrogen and oxygen atoms in total. The van der Waals surface area contributed by atoms with E-state index in [9.17, 15) is 13.2 Å². The zero-order valence-electron chi connectivity index (χ0n) is 14.9. The van der Waals surface area contributed by atoms with Gasteiger partial charge >= 0.3 is 6.03 Å². The highest BCUT2D eigenvalue weighted by molar-refractivity contribution is 7.93. The lowest BCUT2D eigenvalue weighted by atomic mass is 10.1. The van der Waals surface area contributed by atoms with Gasteiger partial charge in [-0.3, -0.25) is 4.31 Å². The third-order valence-electron chi connectivity index (χ3n) is 5.42. The van der Waals surface area contributed by atoms with E-state index in [-0.39, 0.29) is 17.8 Å². The fraction of sp³-hybridized carbons (Fsp3) is 0.611. The molecule has 0 spiro atoms. The van der Waals surface area contributed by atoms with Crippen LogP contribution in [0.2, 0.25) is 0 Å². The third kappa shape index (κ3) is 3.96. The lowest BCUT2D eigenvalue weighted by molar-refractivity contribution is 0.189. The molecule has 0 radical (unpaired) electrons. The fourth-order valence-corrected chi connectivity index (χ4v) is 5.43. The Bertz CT molecular complexity index is 770. The van der Waals surface area contributed by atoms with Crippen molar-refractivity contribution < 1.29 is 13.2 Å². The van der Waals surface area contributed by atoms with Gasteiger partial charge in [-0.25, -0.2) is 13.2 Å². The molecule has 1 aromatic rings. The summed E-state index contributed by atoms with van der Waals surface area (Å²) in [5, 5.41) is 5.89. The summed E-state index contributed by atoms with van der Waals surface area (Å²) < 4.78 is 25.5. The lowest BCUT2D eigenvalue weighted by Gasteiger charge is -2.32. The van der Waals surface area contributed by atoms with E-state index in [4.69, 9.17) is 0 Å². The van der Waals surface area contributed by atoms with Crippen molar-refractivity contribution in [1.29, 1.82) is 0 Å². The zero-order chi connectivity index (χ0) is 18.1. The molecule has 0 unspecified atom stereocenters. The van der Waals surface area contributed by atoms with E-state index in [1.807, 2.05) is 0 Å². The number of nitrogens with zero attached hydrogens (tertiary/aromatic N) is 2. The molecular formula is C18H26N4O3S. The Labute approximate surface area is 154 Å². The molecule has 1 aromatic carbocycles. The van der Waals surface area contributed by atoms with Crippen molar-refractivity contribution in [3.05, 3.63) is 24.3 Å². The van der Waals surface area contributed by atoms with Crippen LogP contribution in [0.3, 0.4) is 0 Å². The molecule has 2 aliphatic heterocycles. The van der Waals surface area contributed by atoms with E-state index in [2.05, 4.69) is 15.5 Å². The number of hydrogen-bond acceptors (Lipinski definition) is 4. The Morgan fingerprint density at radius 2 is 1.85 bits per heavy atom. The number of rotatable bonds is 4. The van der Waals surface area contributed by atoms with Gasteiger partial charge in [-0.15, -0.1) is 0 Å². The highest BCUT2D eigenvalue weighted by atomic mass is 32.2. The maximum atomic E-state index is 12.3. The van der Waals surface area contributed by atoms with Crippen LogP contribution in [-0.4, -0.2) is 56.8 Å². The average Bonchev–Trinajstić information content (AvgIpc) is 3.39. The van der Waals surface area contributed by atoms with Gasteiger partial charge in [0.15, 0.2) is 0 Å². The predicted octanol–water partition coefficient (Wildman–Crippen LogP) is 1.97. The molecule has 0 atom stereocenters. The number of hydrogen-bond donors (Lipinski definition) is 2. The Morgan fingerprint density at radius 3 is 2.50 bits per heavy atom. The largest absolute Gasteiger partial charge is 0.335 e. The Kier molecular flexibility index (Phi) is 4.79. The van der Waals surface area contributed by atoms with Gasteiger partial charge in [0.25, 0.3) is 0 Å². The Hall–Kier alpha value is -1.80. The molecule has 2 saturated heterocycles. The first-order valence-electron chi connectivity index (χ1n) is 9.43. The molecule has 8 heteroatoms. The normalized spacial score (nSPS) is 23.8. The van der Waals surface area contributed by atoms with Gasteiger partial charge in [0.05, 0.1) is 11.4 Å². The summed E-state index contributed by atoms with van der Waals surface area (Å²) in [7, 11) is -3.21. The van der Waals surface area contributed by atoms with Crippen LogP contribution in [-0.2, 0) is 10.0 Å². The molecule has 3 fully saturated rings. The SMILES string of the molecule is O=C(Nc1cccc(N2CCCS2(=O)=O)c1)NC1CCN(C2CC2)CC1. The van der Waals surface area contributed by atoms with Crippen LogP contribution in [0, 0.1) is 0 Å². The summed E-state index contributed by atoms with van der Waals surface area (Å²) in [5.41, 5.74) is 1.22. The van der Waals surface area contributed by atoms with Crippen molar-refractivity contribution in [3.8, 4) is 0 Å². The van der Waals surface area contributed by atoms with Gasteiger partial charge in [0.2, 0.25) is 10.0 Å². The van der Waals surface area contributed by atoms with Gasteiger partial charge < -0.3 is 15.5 Å². The molecule has 0 bridgehead atoms. The molecule has 1 saturated carbocycles. The van der Waals surface area contributed by atoms with Crippen molar-refractivity contribution >= 4 is 27.4 Å². The Balaban J connectivity index is 1.32. The number of carbonyl (C=O) groups is 1. The third-order valence-corrected chi connectivity index (χ3v) is 7.29. The maximum Gasteiger partial charge on any atom is 0.319 e. The smallest absolute Gasteiger partial charge is 0.319 e. The number of likely N-dealkylation sites (tertiary alicyclic amines) is 1. The molecule has 26 heavy (non-hydrogen) atoms. The molecule has 3 aliphatic rings. The van der Waals surface area contributed by atoms with Crippen molar-refractivity contribution in [1.82, 2.24) is 10.2 Å². The summed E-state index contributed by atoms with van der Waals surface area (Å²) >= 11 is 0. The van der Waals surface area contributed by atoms with Crippen LogP contribution in [0.15, 0.2) is 24.3 Å². The standard InChI is InChI=1S/C18H26N4O3S/c23-18(19-14-7-10-21(11-8-14)16-5-6-16)20-15-3-1-4-17(13-15)22-9-2-12-26(22,24)25/h1,3-4,13-14,16H,2,5-12H2,(H2,19,20,23). The molecular weight excluding hydrogens is 352 g/mol. The van der Waals surface area contributed by atoms with Gasteiger partial charge in [0.1, 0.15) is 0 Å². The second-order valence-electron chi connectivity index (χ2n) is 7.43. The van der Waals surface area contributed by atoms with Crippen molar-refractivity contribution in [2.45, 2.75) is 44.2 Å². The molecule has 2 heterocycles. The molecule has 2 N–H and O–H groups in total. The molecule has 1 aliphatic carbocycles. The Morgan fingerprint density at radius 1 is 1.08 bits per heavy atom. The van der Waals surface area contributed by atoms with E-state index in [0.717, 1.165) is 32.0 Å². The molecule has 142 valence electrons. The number of piperidine rings is 1. The predicted molar refractivity (Wildman–Crippen MR) is 102 cm³/mol. The summed E-state index contributed by atoms with van der Waals surface area (Å²) in [5.74, 6) is 0.185. The van der Waals surface area contributed by atoms with E-state index >= 15 is 0 Å². The van der Waals surface area contributed by atoms with E-state index in [0.29, 0.717) is 24.3 Å². The van der Waals surface area contributed by atoms with Crippen molar-refractivity contribution in [2.24, 2.45) is 0 Å². The van der Waals surface area contributed by atoms with Crippen LogP contribution in [0.1, 0.15) is 32.1 Å². The summed E-state index contributed by atoms with van der Waals surface area (Å²) in [6, 6.07) is 7.80. The highest BCUT2D eigenvalue weighted by Crippen LogP contribution is 2.29. The van der Waals surface area contributed by atoms with Crippen LogP contribution in [0.5, 0.6) is 0 Å². The molecule has 4 rings (SSSR count). The van der Waals surface area contributed by atoms with Gasteiger partial charge in [-0.05, 0) is 50.3 Å². The van der Waals surface area contributed by atoms with Crippen molar-refractivity contribution in [2.75, 3.05) is 35.0 Å². The number of benzene rings is 1. The second kappa shape index (κ2) is 7.08. The first kappa shape index (κ1) is 17.6. The minimum absolute atomic E-state index is 0.185. The van der Waals surface area contributed by atoms with Gasteiger partial charge in [-0.1, -0.05) is 6.07 Å². The average molecular weight is 378 g/mol. The molecule has 0 aromatic heterocycles. The lowest BCUT2D eigenvalue weighted by Crippen LogP contribution is -2.46. The van der Waals surface area contributed by atoms with Crippen LogP contribution >= 0.6 is 0 Å². The van der Waals surface area contributed by atoms with Gasteiger partial charge in [-0.2, -0.15) is 0 Å². The summed E-state index contributed by atoms with van der Waals surface area (Å²) in [6.45, 7) is 2.60. The van der Waals surface area contributed by atoms with Gasteiger partial charge in [0, 0.05) is 37.4 Å².